The normalized spacial score (nSPS) is 10.6. The highest BCUT2D eigenvalue weighted by Gasteiger charge is 2.14. The summed E-state index contributed by atoms with van der Waals surface area (Å²) in [6.45, 7) is -0.276. The van der Waals surface area contributed by atoms with E-state index in [2.05, 4.69) is 20.9 Å². The molecule has 0 fully saturated rings. The first-order chi connectivity index (χ1) is 7.22. The Bertz CT molecular complexity index is 484. The van der Waals surface area contributed by atoms with Crippen LogP contribution in [-0.4, -0.2) is 10.1 Å². The predicted molar refractivity (Wildman–Crippen MR) is 55.5 cm³/mol. The van der Waals surface area contributed by atoms with Crippen LogP contribution in [0, 0.1) is 5.82 Å². The maximum Gasteiger partial charge on any atom is 0.181 e. The first-order valence-corrected chi connectivity index (χ1v) is 5.00. The van der Waals surface area contributed by atoms with Crippen molar-refractivity contribution in [3.8, 4) is 11.3 Å². The molecule has 0 saturated heterocycles. The van der Waals surface area contributed by atoms with Crippen LogP contribution in [0.5, 0.6) is 0 Å². The van der Waals surface area contributed by atoms with Gasteiger partial charge in [-0.25, -0.2) is 9.37 Å². The number of aliphatic hydroxyl groups excluding tert-OH is 1. The Morgan fingerprint density at radius 1 is 1.47 bits per heavy atom. The molecule has 15 heavy (non-hydrogen) atoms. The molecule has 3 nitrogen and oxygen atoms in total. The smallest absolute Gasteiger partial charge is 0.181 e. The van der Waals surface area contributed by atoms with Gasteiger partial charge in [-0.3, -0.25) is 0 Å². The summed E-state index contributed by atoms with van der Waals surface area (Å²) in [4.78, 5) is 3.78. The molecule has 0 aliphatic rings. The molecule has 0 atom stereocenters. The van der Waals surface area contributed by atoms with Crippen molar-refractivity contribution in [1.82, 2.24) is 4.98 Å². The molecule has 2 rings (SSSR count). The molecular weight excluding hydrogens is 265 g/mol. The van der Waals surface area contributed by atoms with E-state index in [0.29, 0.717) is 15.7 Å². The molecule has 0 saturated carbocycles. The van der Waals surface area contributed by atoms with E-state index in [0.717, 1.165) is 0 Å². The van der Waals surface area contributed by atoms with Crippen molar-refractivity contribution in [1.29, 1.82) is 0 Å². The van der Waals surface area contributed by atoms with Gasteiger partial charge in [0.05, 0.1) is 12.2 Å². The summed E-state index contributed by atoms with van der Waals surface area (Å²) in [7, 11) is 0. The van der Waals surface area contributed by atoms with Crippen molar-refractivity contribution < 1.29 is 13.9 Å². The van der Waals surface area contributed by atoms with E-state index in [9.17, 15) is 4.39 Å². The van der Waals surface area contributed by atoms with Gasteiger partial charge in [-0.15, -0.1) is 0 Å². The average molecular weight is 272 g/mol. The quantitative estimate of drug-likeness (QED) is 0.914. The third-order valence-corrected chi connectivity index (χ3v) is 2.46. The first kappa shape index (κ1) is 10.3. The average Bonchev–Trinajstić information content (AvgIpc) is 2.65. The van der Waals surface area contributed by atoms with Gasteiger partial charge in [-0.05, 0) is 18.2 Å². The van der Waals surface area contributed by atoms with Gasteiger partial charge in [0.2, 0.25) is 0 Å². The van der Waals surface area contributed by atoms with Crippen molar-refractivity contribution in [3.05, 3.63) is 40.6 Å². The molecule has 0 radical (unpaired) electrons. The minimum Gasteiger partial charge on any atom is -0.443 e. The van der Waals surface area contributed by atoms with Gasteiger partial charge < -0.3 is 9.52 Å². The Labute approximate surface area is 93.7 Å². The Morgan fingerprint density at radius 2 is 2.27 bits per heavy atom. The summed E-state index contributed by atoms with van der Waals surface area (Å²) < 4.78 is 19.2. The van der Waals surface area contributed by atoms with Crippen LogP contribution in [0.4, 0.5) is 4.39 Å². The fourth-order valence-electron chi connectivity index (χ4n) is 1.27. The van der Waals surface area contributed by atoms with Crippen LogP contribution >= 0.6 is 15.9 Å². The molecule has 0 amide bonds. The molecule has 0 aliphatic heterocycles. The Morgan fingerprint density at radius 3 is 2.93 bits per heavy atom. The number of nitrogens with zero attached hydrogens (tertiary/aromatic N) is 1. The maximum atomic E-state index is 13.5. The van der Waals surface area contributed by atoms with E-state index in [4.69, 9.17) is 9.52 Å². The number of oxazole rings is 1. The zero-order valence-corrected chi connectivity index (χ0v) is 9.16. The highest BCUT2D eigenvalue weighted by atomic mass is 79.9. The Balaban J connectivity index is 2.54. The summed E-state index contributed by atoms with van der Waals surface area (Å²) in [6, 6.07) is 4.60. The molecule has 1 aromatic carbocycles. The second kappa shape index (κ2) is 4.12. The Hall–Kier alpha value is -1.20. The van der Waals surface area contributed by atoms with E-state index < -0.39 is 5.82 Å². The van der Waals surface area contributed by atoms with Crippen molar-refractivity contribution in [3.63, 3.8) is 0 Å². The topological polar surface area (TPSA) is 46.3 Å². The number of aromatic nitrogens is 1. The van der Waals surface area contributed by atoms with Gasteiger partial charge in [0, 0.05) is 4.47 Å². The van der Waals surface area contributed by atoms with E-state index in [-0.39, 0.29) is 12.4 Å². The van der Waals surface area contributed by atoms with Crippen molar-refractivity contribution in [2.75, 3.05) is 0 Å². The van der Waals surface area contributed by atoms with Crippen molar-refractivity contribution in [2.24, 2.45) is 0 Å². The van der Waals surface area contributed by atoms with Gasteiger partial charge in [-0.1, -0.05) is 15.9 Å². The molecule has 1 N–H and O–H groups in total. The van der Waals surface area contributed by atoms with Crippen LogP contribution in [0.3, 0.4) is 0 Å². The summed E-state index contributed by atoms with van der Waals surface area (Å²) in [5.74, 6) is -0.154. The fourth-order valence-corrected chi connectivity index (χ4v) is 1.61. The van der Waals surface area contributed by atoms with Gasteiger partial charge in [0.25, 0.3) is 0 Å². The monoisotopic (exact) mass is 271 g/mol. The highest BCUT2D eigenvalue weighted by molar-refractivity contribution is 9.10. The largest absolute Gasteiger partial charge is 0.443 e. The minimum atomic E-state index is -0.421. The molecule has 2 aromatic rings. The number of halogens is 2. The molecule has 0 spiro atoms. The number of hydrogen-bond donors (Lipinski definition) is 1. The van der Waals surface area contributed by atoms with E-state index in [1.807, 2.05) is 0 Å². The molecule has 0 unspecified atom stereocenters. The van der Waals surface area contributed by atoms with E-state index in [1.54, 1.807) is 12.1 Å². The van der Waals surface area contributed by atoms with Crippen LogP contribution in [-0.2, 0) is 6.61 Å². The summed E-state index contributed by atoms with van der Waals surface area (Å²) >= 11 is 3.16. The second-order valence-corrected chi connectivity index (χ2v) is 3.83. The summed E-state index contributed by atoms with van der Waals surface area (Å²) in [6.07, 6.45) is 1.18. The van der Waals surface area contributed by atoms with Gasteiger partial charge in [-0.2, -0.15) is 0 Å². The molecule has 0 aliphatic carbocycles. The lowest BCUT2D eigenvalue weighted by atomic mass is 10.1. The fraction of sp³-hybridized carbons (Fsp3) is 0.100. The standard InChI is InChI=1S/C10H7BrFNO2/c11-6-1-2-7(8(12)3-6)10-9(4-14)13-5-15-10/h1-3,5,14H,4H2. The molecular formula is C10H7BrFNO2. The highest BCUT2D eigenvalue weighted by Crippen LogP contribution is 2.27. The lowest BCUT2D eigenvalue weighted by Gasteiger charge is -2.01. The molecule has 1 heterocycles. The van der Waals surface area contributed by atoms with Gasteiger partial charge in [0.15, 0.2) is 12.2 Å². The van der Waals surface area contributed by atoms with Crippen LogP contribution < -0.4 is 0 Å². The molecule has 0 bridgehead atoms. The van der Waals surface area contributed by atoms with Crippen molar-refractivity contribution >= 4 is 15.9 Å². The van der Waals surface area contributed by atoms with Crippen LogP contribution in [0.15, 0.2) is 33.5 Å². The predicted octanol–water partition coefficient (Wildman–Crippen LogP) is 2.74. The molecule has 5 heteroatoms. The number of aliphatic hydroxyl groups is 1. The number of benzene rings is 1. The summed E-state index contributed by atoms with van der Waals surface area (Å²) in [5.41, 5.74) is 0.621. The first-order valence-electron chi connectivity index (χ1n) is 4.21. The molecule has 78 valence electrons. The van der Waals surface area contributed by atoms with E-state index >= 15 is 0 Å². The minimum absolute atomic E-state index is 0.266. The second-order valence-electron chi connectivity index (χ2n) is 2.91. The Kier molecular flexibility index (Phi) is 2.83. The van der Waals surface area contributed by atoms with Gasteiger partial charge in [0.1, 0.15) is 11.5 Å². The van der Waals surface area contributed by atoms with Crippen LogP contribution in [0.25, 0.3) is 11.3 Å². The third-order valence-electron chi connectivity index (χ3n) is 1.97. The van der Waals surface area contributed by atoms with Crippen molar-refractivity contribution in [2.45, 2.75) is 6.61 Å². The lowest BCUT2D eigenvalue weighted by Crippen LogP contribution is -1.89. The summed E-state index contributed by atoms with van der Waals surface area (Å²) in [5, 5.41) is 8.96. The van der Waals surface area contributed by atoms with E-state index in [1.165, 1.54) is 12.5 Å². The van der Waals surface area contributed by atoms with Crippen LogP contribution in [0.2, 0.25) is 0 Å². The number of rotatable bonds is 2. The zero-order chi connectivity index (χ0) is 10.8. The SMILES string of the molecule is OCc1ncoc1-c1ccc(Br)cc1F. The molecule has 1 aromatic heterocycles. The van der Waals surface area contributed by atoms with Gasteiger partial charge >= 0.3 is 0 Å². The lowest BCUT2D eigenvalue weighted by molar-refractivity contribution is 0.277. The number of hydrogen-bond acceptors (Lipinski definition) is 3. The zero-order valence-electron chi connectivity index (χ0n) is 7.58. The van der Waals surface area contributed by atoms with Crippen LogP contribution in [0.1, 0.15) is 5.69 Å². The third kappa shape index (κ3) is 1.93. The maximum absolute atomic E-state index is 13.5.